The number of carbonyl (C=O) groups excluding carboxylic acids is 1. The van der Waals surface area contributed by atoms with Gasteiger partial charge in [-0.3, -0.25) is 9.20 Å². The van der Waals surface area contributed by atoms with Gasteiger partial charge in [-0.15, -0.1) is 0 Å². The van der Waals surface area contributed by atoms with Crippen LogP contribution in [-0.2, 0) is 0 Å². The molecule has 1 N–H and O–H groups in total. The summed E-state index contributed by atoms with van der Waals surface area (Å²) in [4.78, 5) is 18.4. The topological polar surface area (TPSA) is 49.6 Å². The minimum Gasteiger partial charge on any atom is -0.345 e. The van der Waals surface area contributed by atoms with Crippen molar-refractivity contribution < 1.29 is 4.79 Å². The molecule has 1 amide bonds. The van der Waals surface area contributed by atoms with E-state index >= 15 is 0 Å². The van der Waals surface area contributed by atoms with Crippen molar-refractivity contribution >= 4 is 23.1 Å². The van der Waals surface area contributed by atoms with E-state index in [9.17, 15) is 4.79 Å². The molecule has 2 aromatic carbocycles. The lowest BCUT2D eigenvalue weighted by Gasteiger charge is -2.12. The van der Waals surface area contributed by atoms with Crippen LogP contribution in [0.15, 0.2) is 79.0 Å². The third-order valence-electron chi connectivity index (χ3n) is 4.38. The van der Waals surface area contributed by atoms with Gasteiger partial charge in [-0.1, -0.05) is 36.4 Å². The lowest BCUT2D eigenvalue weighted by atomic mass is 10.1. The summed E-state index contributed by atoms with van der Waals surface area (Å²) in [7, 11) is 3.50. The highest BCUT2D eigenvalue weighted by Gasteiger charge is 2.14. The van der Waals surface area contributed by atoms with Gasteiger partial charge in [0.05, 0.1) is 0 Å². The van der Waals surface area contributed by atoms with Crippen molar-refractivity contribution in [2.45, 2.75) is 0 Å². The lowest BCUT2D eigenvalue weighted by Crippen LogP contribution is -2.21. The van der Waals surface area contributed by atoms with Crippen LogP contribution in [0.2, 0.25) is 0 Å². The van der Waals surface area contributed by atoms with Gasteiger partial charge in [0.2, 0.25) is 0 Å². The first-order valence-corrected chi connectivity index (χ1v) is 8.75. The Bertz CT molecular complexity index is 1080. The number of benzene rings is 2. The fraction of sp³-hybridized carbons (Fsp3) is 0.0909. The molecule has 0 aliphatic rings. The highest BCUT2D eigenvalue weighted by molar-refractivity contribution is 5.94. The number of imidazole rings is 1. The predicted octanol–water partition coefficient (Wildman–Crippen LogP) is 4.45. The number of amides is 1. The molecule has 0 bridgehead atoms. The van der Waals surface area contributed by atoms with E-state index in [2.05, 4.69) is 5.32 Å². The van der Waals surface area contributed by atoms with Crippen molar-refractivity contribution in [2.24, 2.45) is 0 Å². The lowest BCUT2D eigenvalue weighted by molar-refractivity contribution is 0.0827. The standard InChI is InChI=1S/C22H20N4O/c1-25(2)22(27)17-11-13-18(14-12-17)23-21-20(16-8-4-3-5-9-16)24-19-10-6-7-15-26(19)21/h3-15,23H,1-2H3. The zero-order chi connectivity index (χ0) is 18.8. The summed E-state index contributed by atoms with van der Waals surface area (Å²) >= 11 is 0. The number of hydrogen-bond acceptors (Lipinski definition) is 3. The van der Waals surface area contributed by atoms with E-state index in [0.29, 0.717) is 5.56 Å². The average molecular weight is 356 g/mol. The molecular weight excluding hydrogens is 336 g/mol. The first kappa shape index (κ1) is 16.8. The number of carbonyl (C=O) groups is 1. The smallest absolute Gasteiger partial charge is 0.253 e. The number of nitrogens with zero attached hydrogens (tertiary/aromatic N) is 3. The van der Waals surface area contributed by atoms with Gasteiger partial charge in [-0.25, -0.2) is 4.98 Å². The normalized spacial score (nSPS) is 10.7. The number of hydrogen-bond donors (Lipinski definition) is 1. The molecule has 4 rings (SSSR count). The van der Waals surface area contributed by atoms with Gasteiger partial charge >= 0.3 is 0 Å². The van der Waals surface area contributed by atoms with E-state index in [4.69, 9.17) is 4.98 Å². The number of pyridine rings is 1. The molecule has 5 heteroatoms. The van der Waals surface area contributed by atoms with Gasteiger partial charge < -0.3 is 10.2 Å². The Kier molecular flexibility index (Phi) is 4.34. The van der Waals surface area contributed by atoms with E-state index < -0.39 is 0 Å². The molecule has 0 saturated carbocycles. The minimum atomic E-state index is -0.0127. The van der Waals surface area contributed by atoms with Crippen LogP contribution in [0.5, 0.6) is 0 Å². The van der Waals surface area contributed by atoms with Gasteiger partial charge in [-0.2, -0.15) is 0 Å². The molecule has 0 aliphatic carbocycles. The Morgan fingerprint density at radius 2 is 1.63 bits per heavy atom. The average Bonchev–Trinajstić information content (AvgIpc) is 3.07. The van der Waals surface area contributed by atoms with Crippen LogP contribution >= 0.6 is 0 Å². The van der Waals surface area contributed by atoms with Crippen LogP contribution in [0.4, 0.5) is 11.5 Å². The molecule has 27 heavy (non-hydrogen) atoms. The molecule has 5 nitrogen and oxygen atoms in total. The Hall–Kier alpha value is -3.60. The monoisotopic (exact) mass is 356 g/mol. The van der Waals surface area contributed by atoms with Crippen molar-refractivity contribution in [3.63, 3.8) is 0 Å². The van der Waals surface area contributed by atoms with Crippen LogP contribution in [0.25, 0.3) is 16.9 Å². The Balaban J connectivity index is 1.74. The van der Waals surface area contributed by atoms with E-state index in [1.165, 1.54) is 0 Å². The van der Waals surface area contributed by atoms with Crippen LogP contribution in [0.3, 0.4) is 0 Å². The third-order valence-corrected chi connectivity index (χ3v) is 4.38. The summed E-state index contributed by atoms with van der Waals surface area (Å²) in [5.41, 5.74) is 4.36. The summed E-state index contributed by atoms with van der Waals surface area (Å²) in [6.07, 6.45) is 1.99. The molecule has 0 spiro atoms. The van der Waals surface area contributed by atoms with Gasteiger partial charge in [-0.05, 0) is 36.4 Å². The SMILES string of the molecule is CN(C)C(=O)c1ccc(Nc2c(-c3ccccc3)nc3ccccn23)cc1. The molecular formula is C22H20N4O. The summed E-state index contributed by atoms with van der Waals surface area (Å²) in [6.45, 7) is 0. The van der Waals surface area contributed by atoms with Crippen LogP contribution in [0, 0.1) is 0 Å². The van der Waals surface area contributed by atoms with Crippen LogP contribution < -0.4 is 5.32 Å². The summed E-state index contributed by atoms with van der Waals surface area (Å²) in [5, 5.41) is 3.46. The quantitative estimate of drug-likeness (QED) is 0.588. The number of aromatic nitrogens is 2. The molecule has 0 fully saturated rings. The van der Waals surface area contributed by atoms with E-state index in [1.54, 1.807) is 19.0 Å². The molecule has 2 aromatic heterocycles. The van der Waals surface area contributed by atoms with Crippen molar-refractivity contribution in [2.75, 3.05) is 19.4 Å². The van der Waals surface area contributed by atoms with Gasteiger partial charge in [0, 0.05) is 37.1 Å². The molecule has 2 heterocycles. The van der Waals surface area contributed by atoms with Gasteiger partial charge in [0.1, 0.15) is 17.2 Å². The largest absolute Gasteiger partial charge is 0.345 e. The van der Waals surface area contributed by atoms with Crippen molar-refractivity contribution in [3.8, 4) is 11.3 Å². The summed E-state index contributed by atoms with van der Waals surface area (Å²) in [5.74, 6) is 0.879. The number of rotatable bonds is 4. The van der Waals surface area contributed by atoms with Crippen LogP contribution in [-0.4, -0.2) is 34.3 Å². The highest BCUT2D eigenvalue weighted by atomic mass is 16.2. The van der Waals surface area contributed by atoms with Crippen LogP contribution in [0.1, 0.15) is 10.4 Å². The maximum Gasteiger partial charge on any atom is 0.253 e. The number of fused-ring (bicyclic) bond motifs is 1. The first-order valence-electron chi connectivity index (χ1n) is 8.75. The molecule has 134 valence electrons. The Morgan fingerprint density at radius 3 is 2.33 bits per heavy atom. The Morgan fingerprint density at radius 1 is 0.926 bits per heavy atom. The summed E-state index contributed by atoms with van der Waals surface area (Å²) in [6, 6.07) is 23.5. The highest BCUT2D eigenvalue weighted by Crippen LogP contribution is 2.31. The molecule has 0 unspecified atom stereocenters. The zero-order valence-electron chi connectivity index (χ0n) is 15.3. The van der Waals surface area contributed by atoms with Gasteiger partial charge in [0.25, 0.3) is 5.91 Å². The van der Waals surface area contributed by atoms with Gasteiger partial charge in [0.15, 0.2) is 0 Å². The van der Waals surface area contributed by atoms with E-state index in [0.717, 1.165) is 28.4 Å². The maximum absolute atomic E-state index is 12.1. The second kappa shape index (κ2) is 6.96. The fourth-order valence-corrected chi connectivity index (χ4v) is 3.00. The maximum atomic E-state index is 12.1. The molecule has 0 atom stereocenters. The Labute approximate surface area is 157 Å². The van der Waals surface area contributed by atoms with E-state index in [-0.39, 0.29) is 5.91 Å². The second-order valence-electron chi connectivity index (χ2n) is 6.51. The first-order chi connectivity index (χ1) is 13.1. The number of anilines is 2. The molecule has 0 radical (unpaired) electrons. The minimum absolute atomic E-state index is 0.0127. The van der Waals surface area contributed by atoms with Crippen molar-refractivity contribution in [1.29, 1.82) is 0 Å². The van der Waals surface area contributed by atoms with Crippen molar-refractivity contribution in [1.82, 2.24) is 14.3 Å². The second-order valence-corrected chi connectivity index (χ2v) is 6.51. The number of nitrogens with one attached hydrogen (secondary N) is 1. The molecule has 4 aromatic rings. The molecule has 0 saturated heterocycles. The fourth-order valence-electron chi connectivity index (χ4n) is 3.00. The zero-order valence-corrected chi connectivity index (χ0v) is 15.3. The predicted molar refractivity (Wildman–Crippen MR) is 108 cm³/mol. The van der Waals surface area contributed by atoms with Crippen molar-refractivity contribution in [3.05, 3.63) is 84.6 Å². The van der Waals surface area contributed by atoms with E-state index in [1.807, 2.05) is 83.4 Å². The third kappa shape index (κ3) is 3.27. The summed E-state index contributed by atoms with van der Waals surface area (Å²) < 4.78 is 2.03. The molecule has 0 aliphatic heterocycles.